The molecule has 33 heavy (non-hydrogen) atoms. The molecule has 0 unspecified atom stereocenters. The van der Waals surface area contributed by atoms with Crippen molar-refractivity contribution in [3.8, 4) is 23.1 Å². The van der Waals surface area contributed by atoms with Gasteiger partial charge < -0.3 is 18.8 Å². The number of alkyl halides is 2. The highest BCUT2D eigenvalue weighted by atomic mass is 19.3. The minimum atomic E-state index is -2.93. The molecule has 4 rings (SSSR count). The van der Waals surface area contributed by atoms with Gasteiger partial charge in [0.1, 0.15) is 18.4 Å². The Balaban J connectivity index is 1.68. The monoisotopic (exact) mass is 455 g/mol. The van der Waals surface area contributed by atoms with Crippen molar-refractivity contribution in [3.63, 3.8) is 0 Å². The van der Waals surface area contributed by atoms with Crippen LogP contribution in [0.4, 0.5) is 19.3 Å². The van der Waals surface area contributed by atoms with Gasteiger partial charge in [-0.1, -0.05) is 12.1 Å². The van der Waals surface area contributed by atoms with Gasteiger partial charge in [-0.3, -0.25) is 5.32 Å². The standard InChI is InChI=1S/C24H23F2N3O4/c1-31-10-11-32-24(30)28-17-6-4-16(5-7-17)22-20(13-27)19-9-8-18(33-23(25)26)12-21(19)29(22)14-15-2-3-15/h4-9,12,15,23H,2-3,10-11,14H2,1H3,(H,28,30). The third-order valence-electron chi connectivity index (χ3n) is 5.44. The van der Waals surface area contributed by atoms with Crippen molar-refractivity contribution in [2.75, 3.05) is 25.6 Å². The molecule has 1 saturated carbocycles. The number of hydrogen-bond acceptors (Lipinski definition) is 5. The van der Waals surface area contributed by atoms with Crippen molar-refractivity contribution in [1.29, 1.82) is 5.26 Å². The number of carbonyl (C=O) groups excluding carboxylic acids is 1. The van der Waals surface area contributed by atoms with E-state index >= 15 is 0 Å². The number of ether oxygens (including phenoxy) is 3. The van der Waals surface area contributed by atoms with E-state index < -0.39 is 12.7 Å². The van der Waals surface area contributed by atoms with E-state index in [9.17, 15) is 18.8 Å². The first-order valence-corrected chi connectivity index (χ1v) is 10.5. The highest BCUT2D eigenvalue weighted by molar-refractivity contribution is 5.95. The first-order chi connectivity index (χ1) is 16.0. The van der Waals surface area contributed by atoms with Gasteiger partial charge in [0.25, 0.3) is 0 Å². The number of nitrogens with one attached hydrogen (secondary N) is 1. The lowest BCUT2D eigenvalue weighted by Gasteiger charge is -2.12. The highest BCUT2D eigenvalue weighted by Gasteiger charge is 2.27. The molecule has 1 heterocycles. The lowest BCUT2D eigenvalue weighted by atomic mass is 10.1. The quantitative estimate of drug-likeness (QED) is 0.438. The van der Waals surface area contributed by atoms with E-state index in [2.05, 4.69) is 16.1 Å². The molecule has 1 N–H and O–H groups in total. The number of fused-ring (bicyclic) bond motifs is 1. The van der Waals surface area contributed by atoms with Crippen LogP contribution in [0.5, 0.6) is 5.75 Å². The summed E-state index contributed by atoms with van der Waals surface area (Å²) in [5, 5.41) is 13.3. The Morgan fingerprint density at radius 2 is 1.97 bits per heavy atom. The second kappa shape index (κ2) is 9.88. The Hall–Kier alpha value is -3.64. The third kappa shape index (κ3) is 5.23. The van der Waals surface area contributed by atoms with Gasteiger partial charge >= 0.3 is 12.7 Å². The summed E-state index contributed by atoms with van der Waals surface area (Å²) >= 11 is 0. The van der Waals surface area contributed by atoms with Crippen LogP contribution in [0.1, 0.15) is 18.4 Å². The molecule has 2 aromatic carbocycles. The van der Waals surface area contributed by atoms with Gasteiger partial charge in [-0.05, 0) is 48.6 Å². The molecule has 1 aromatic heterocycles. The number of nitriles is 1. The molecule has 9 heteroatoms. The van der Waals surface area contributed by atoms with Gasteiger partial charge in [0.2, 0.25) is 0 Å². The van der Waals surface area contributed by atoms with E-state index in [1.807, 2.05) is 4.57 Å². The van der Waals surface area contributed by atoms with Gasteiger partial charge in [-0.25, -0.2) is 4.79 Å². The summed E-state index contributed by atoms with van der Waals surface area (Å²) in [5.74, 6) is 0.531. The van der Waals surface area contributed by atoms with Crippen LogP contribution in [-0.4, -0.2) is 37.6 Å². The van der Waals surface area contributed by atoms with Crippen LogP contribution < -0.4 is 10.1 Å². The Kier molecular flexibility index (Phi) is 6.75. The van der Waals surface area contributed by atoms with Crippen molar-refractivity contribution in [3.05, 3.63) is 48.0 Å². The number of rotatable bonds is 9. The van der Waals surface area contributed by atoms with Gasteiger partial charge in [-0.15, -0.1) is 0 Å². The molecule has 7 nitrogen and oxygen atoms in total. The molecule has 172 valence electrons. The SMILES string of the molecule is COCCOC(=O)Nc1ccc(-c2c(C#N)c3ccc(OC(F)F)cc3n2CC2CC2)cc1. The molecule has 0 saturated heterocycles. The minimum absolute atomic E-state index is 0.0506. The normalized spacial score (nSPS) is 13.2. The van der Waals surface area contributed by atoms with Crippen LogP contribution in [0.3, 0.4) is 0 Å². The van der Waals surface area contributed by atoms with E-state index in [0.717, 1.165) is 18.4 Å². The number of carbonyl (C=O) groups is 1. The smallest absolute Gasteiger partial charge is 0.411 e. The maximum absolute atomic E-state index is 12.7. The molecular weight excluding hydrogens is 432 g/mol. The fourth-order valence-corrected chi connectivity index (χ4v) is 3.75. The van der Waals surface area contributed by atoms with Crippen LogP contribution in [0, 0.1) is 17.2 Å². The fourth-order valence-electron chi connectivity index (χ4n) is 3.75. The Morgan fingerprint density at radius 3 is 2.61 bits per heavy atom. The number of anilines is 1. The van der Waals surface area contributed by atoms with E-state index in [4.69, 9.17) is 9.47 Å². The van der Waals surface area contributed by atoms with Crippen LogP contribution in [0.15, 0.2) is 42.5 Å². The Labute approximate surface area is 189 Å². The third-order valence-corrected chi connectivity index (χ3v) is 5.44. The van der Waals surface area contributed by atoms with Crippen LogP contribution in [0.25, 0.3) is 22.2 Å². The number of hydrogen-bond donors (Lipinski definition) is 1. The van der Waals surface area contributed by atoms with E-state index in [1.165, 1.54) is 13.2 Å². The first kappa shape index (κ1) is 22.6. The number of halogens is 2. The number of nitrogens with zero attached hydrogens (tertiary/aromatic N) is 2. The van der Waals surface area contributed by atoms with Crippen LogP contribution in [0.2, 0.25) is 0 Å². The topological polar surface area (TPSA) is 85.5 Å². The Bertz CT molecular complexity index is 1180. The van der Waals surface area contributed by atoms with Crippen molar-refractivity contribution < 1.29 is 27.8 Å². The summed E-state index contributed by atoms with van der Waals surface area (Å²) in [6.07, 6.45) is 1.58. The van der Waals surface area contributed by atoms with Gasteiger partial charge in [0.15, 0.2) is 0 Å². The second-order valence-corrected chi connectivity index (χ2v) is 7.78. The first-order valence-electron chi connectivity index (χ1n) is 10.5. The largest absolute Gasteiger partial charge is 0.447 e. The van der Waals surface area contributed by atoms with Crippen molar-refractivity contribution >= 4 is 22.7 Å². The molecule has 3 aromatic rings. The van der Waals surface area contributed by atoms with E-state index in [1.54, 1.807) is 36.4 Å². The maximum atomic E-state index is 12.7. The molecule has 0 aliphatic heterocycles. The van der Waals surface area contributed by atoms with Crippen molar-refractivity contribution in [2.45, 2.75) is 26.0 Å². The zero-order valence-electron chi connectivity index (χ0n) is 18.0. The molecule has 1 aliphatic carbocycles. The zero-order valence-corrected chi connectivity index (χ0v) is 18.0. The van der Waals surface area contributed by atoms with Gasteiger partial charge in [0, 0.05) is 30.8 Å². The Morgan fingerprint density at radius 1 is 1.21 bits per heavy atom. The summed E-state index contributed by atoms with van der Waals surface area (Å²) in [6, 6.07) is 14.0. The molecule has 1 fully saturated rings. The average Bonchev–Trinajstić information content (AvgIpc) is 3.56. The molecule has 1 amide bonds. The highest BCUT2D eigenvalue weighted by Crippen LogP contribution is 2.39. The molecule has 0 bridgehead atoms. The summed E-state index contributed by atoms with van der Waals surface area (Å²) < 4.78 is 41.9. The predicted octanol–water partition coefficient (Wildman–Crippen LogP) is 5.39. The summed E-state index contributed by atoms with van der Waals surface area (Å²) in [4.78, 5) is 11.8. The number of methoxy groups -OCH3 is 1. The average molecular weight is 455 g/mol. The lowest BCUT2D eigenvalue weighted by molar-refractivity contribution is -0.0497. The lowest BCUT2D eigenvalue weighted by Crippen LogP contribution is -2.16. The van der Waals surface area contributed by atoms with E-state index in [0.29, 0.717) is 46.9 Å². The van der Waals surface area contributed by atoms with Gasteiger partial charge in [0.05, 0.1) is 23.4 Å². The zero-order chi connectivity index (χ0) is 23.4. The minimum Gasteiger partial charge on any atom is -0.447 e. The maximum Gasteiger partial charge on any atom is 0.411 e. The van der Waals surface area contributed by atoms with E-state index in [-0.39, 0.29) is 12.4 Å². The molecular formula is C24H23F2N3O4. The van der Waals surface area contributed by atoms with Crippen molar-refractivity contribution in [1.82, 2.24) is 4.57 Å². The molecule has 0 atom stereocenters. The van der Waals surface area contributed by atoms with Crippen molar-refractivity contribution in [2.24, 2.45) is 5.92 Å². The molecule has 0 spiro atoms. The predicted molar refractivity (Wildman–Crippen MR) is 118 cm³/mol. The van der Waals surface area contributed by atoms with Crippen LogP contribution in [-0.2, 0) is 16.0 Å². The number of aromatic nitrogens is 1. The molecule has 1 aliphatic rings. The second-order valence-electron chi connectivity index (χ2n) is 7.78. The molecule has 0 radical (unpaired) electrons. The number of amides is 1. The fraction of sp³-hybridized carbons (Fsp3) is 0.333. The summed E-state index contributed by atoms with van der Waals surface area (Å²) in [7, 11) is 1.52. The van der Waals surface area contributed by atoms with Gasteiger partial charge in [-0.2, -0.15) is 14.0 Å². The number of benzene rings is 2. The summed E-state index contributed by atoms with van der Waals surface area (Å²) in [6.45, 7) is -1.80. The summed E-state index contributed by atoms with van der Waals surface area (Å²) in [5.41, 5.74) is 3.17. The van der Waals surface area contributed by atoms with Crippen LogP contribution >= 0.6 is 0 Å².